The van der Waals surface area contributed by atoms with E-state index in [-0.39, 0.29) is 49.2 Å². The Bertz CT molecular complexity index is 2050. The zero-order valence-corrected chi connectivity index (χ0v) is 53.2. The van der Waals surface area contributed by atoms with E-state index in [2.05, 4.69) is 42.5 Å². The summed E-state index contributed by atoms with van der Waals surface area (Å²) in [5.74, 6) is -3.10. The van der Waals surface area contributed by atoms with Crippen LogP contribution in [0.25, 0.3) is 0 Å². The lowest BCUT2D eigenvalue weighted by molar-refractivity contribution is -0.141. The summed E-state index contributed by atoms with van der Waals surface area (Å²) in [5, 5.41) is 41.5. The minimum atomic E-state index is -1.51. The van der Waals surface area contributed by atoms with E-state index >= 15 is 0 Å². The molecule has 2 heterocycles. The zero-order chi connectivity index (χ0) is 63.5. The van der Waals surface area contributed by atoms with Crippen LogP contribution in [-0.4, -0.2) is 269 Å². The summed E-state index contributed by atoms with van der Waals surface area (Å²) < 4.78 is 67.4. The number of rotatable bonds is 60. The first-order valence-corrected chi connectivity index (χ1v) is 32.3. The van der Waals surface area contributed by atoms with Crippen LogP contribution < -0.4 is 26.6 Å². The Morgan fingerprint density at radius 3 is 1.45 bits per heavy atom. The second-order valence-corrected chi connectivity index (χ2v) is 22.5. The Hall–Kier alpha value is -4.54. The third-order valence-corrected chi connectivity index (χ3v) is 15.4. The largest absolute Gasteiger partial charge is 0.481 e. The molecule has 3 rings (SSSR count). The molecule has 5 atom stereocenters. The van der Waals surface area contributed by atoms with Crippen molar-refractivity contribution in [1.29, 1.82) is 0 Å². The molecule has 2 fully saturated rings. The number of carbonyl (C=O) groups excluding carboxylic acids is 4. The van der Waals surface area contributed by atoms with Crippen LogP contribution in [0.3, 0.4) is 0 Å². The monoisotopic (exact) mass is 1340 g/mol. The molecule has 0 unspecified atom stereocenters. The average Bonchev–Trinajstić information content (AvgIpc) is 3.24. The quantitative estimate of drug-likeness (QED) is 0.0343. The van der Waals surface area contributed by atoms with Gasteiger partial charge in [0.15, 0.2) is 0 Å². The maximum Gasteiger partial charge on any atom is 0.326 e. The van der Waals surface area contributed by atoms with Gasteiger partial charge in [0.25, 0.3) is 0 Å². The molecule has 0 aliphatic carbocycles. The van der Waals surface area contributed by atoms with E-state index in [1.807, 2.05) is 36.0 Å². The lowest BCUT2D eigenvalue weighted by Gasteiger charge is -2.24. The number of urea groups is 2. The maximum atomic E-state index is 13.3. The van der Waals surface area contributed by atoms with Crippen LogP contribution in [0.1, 0.15) is 82.6 Å². The Balaban J connectivity index is 0.988. The van der Waals surface area contributed by atoms with E-state index < -0.39 is 42.4 Å². The highest BCUT2D eigenvalue weighted by Crippen LogP contribution is 2.33. The second-order valence-electron chi connectivity index (χ2n) is 20.3. The van der Waals surface area contributed by atoms with Gasteiger partial charge in [-0.2, -0.15) is 11.8 Å². The molecule has 1 aromatic rings. The van der Waals surface area contributed by atoms with Crippen LogP contribution in [0, 0.1) is 0 Å². The van der Waals surface area contributed by atoms with Crippen LogP contribution in [0.4, 0.5) is 9.59 Å². The van der Waals surface area contributed by atoms with Crippen molar-refractivity contribution in [2.24, 2.45) is 0 Å². The van der Waals surface area contributed by atoms with E-state index in [0.717, 1.165) is 41.5 Å². The van der Waals surface area contributed by atoms with Crippen molar-refractivity contribution in [1.82, 2.24) is 31.5 Å². The van der Waals surface area contributed by atoms with Crippen LogP contribution in [0.15, 0.2) is 28.7 Å². The summed E-state index contributed by atoms with van der Waals surface area (Å²) in [7, 11) is 0. The van der Waals surface area contributed by atoms with E-state index in [1.165, 1.54) is 0 Å². The minimum Gasteiger partial charge on any atom is -0.481 e. The first-order valence-electron chi connectivity index (χ1n) is 30.5. The molecule has 8 N–H and O–H groups in total. The number of carbonyl (C=O) groups is 7. The highest BCUT2D eigenvalue weighted by atomic mass is 79.9. The van der Waals surface area contributed by atoms with Gasteiger partial charge in [-0.25, -0.2) is 19.2 Å². The molecule has 0 aromatic heterocycles. The molecule has 0 bridgehead atoms. The molecular weight excluding hydrogens is 1240 g/mol. The van der Waals surface area contributed by atoms with Crippen molar-refractivity contribution in [2.75, 3.05) is 177 Å². The number of fused-ring (bicyclic) bond motifs is 1. The number of carboxylic acids is 3. The molecule has 0 spiro atoms. The van der Waals surface area contributed by atoms with Gasteiger partial charge in [0.2, 0.25) is 11.8 Å². The molecule has 0 saturated carbocycles. The molecule has 2 aliphatic rings. The van der Waals surface area contributed by atoms with Gasteiger partial charge in [0, 0.05) is 61.0 Å². The lowest BCUT2D eigenvalue weighted by Crippen LogP contribution is -2.51. The molecule has 88 heavy (non-hydrogen) atoms. The average molecular weight is 1340 g/mol. The van der Waals surface area contributed by atoms with Crippen LogP contribution in [-0.2, 0) is 87.4 Å². The lowest BCUT2D eigenvalue weighted by atomic mass is 10.0. The molecule has 2 aliphatic heterocycles. The molecule has 504 valence electrons. The number of thioether (sulfide) groups is 1. The van der Waals surface area contributed by atoms with Gasteiger partial charge in [-0.1, -0.05) is 40.9 Å². The van der Waals surface area contributed by atoms with Crippen molar-refractivity contribution in [3.05, 3.63) is 34.3 Å². The first kappa shape index (κ1) is 77.7. The maximum absolute atomic E-state index is 13.3. The topological polar surface area (TPSA) is 354 Å². The zero-order valence-electron chi connectivity index (χ0n) is 50.8. The van der Waals surface area contributed by atoms with Crippen LogP contribution in [0.2, 0.25) is 0 Å². The number of amides is 6. The Morgan fingerprint density at radius 2 is 0.989 bits per heavy atom. The molecule has 30 heteroatoms. The third kappa shape index (κ3) is 41.0. The Kier molecular flexibility index (Phi) is 46.0. The fourth-order valence-corrected chi connectivity index (χ4v) is 10.5. The number of hydrogen-bond acceptors (Lipinski definition) is 20. The fourth-order valence-electron chi connectivity index (χ4n) is 8.70. The van der Waals surface area contributed by atoms with E-state index in [9.17, 15) is 43.8 Å². The molecule has 2 saturated heterocycles. The van der Waals surface area contributed by atoms with Crippen LogP contribution in [0.5, 0.6) is 0 Å². The number of benzene rings is 1. The van der Waals surface area contributed by atoms with Gasteiger partial charge in [0.05, 0.1) is 164 Å². The number of nitrogens with zero attached hydrogens (tertiary/aromatic N) is 1. The second kappa shape index (κ2) is 52.1. The number of carboxylic acid groups (broad SMARTS) is 3. The van der Waals surface area contributed by atoms with Crippen LogP contribution >= 0.6 is 27.7 Å². The SMILES string of the molecule is O=C(O)CC[C@H](NC(=O)N[C@@H](CCCCN(Cc1ccc(Br)cc1)C(=O)CCCOCCOCCOCCOCCOCCOCCOCCOCCOCCOCCOCCOCCNC(=O)CCCCC[C@H]1SC[C@H]2NC(=O)N[C@H]21)C(=O)O)C(=O)O. The van der Waals surface area contributed by atoms with Crippen molar-refractivity contribution in [2.45, 2.75) is 113 Å². The number of hydrogen-bond donors (Lipinski definition) is 8. The minimum absolute atomic E-state index is 0.0113. The van der Waals surface area contributed by atoms with Crippen molar-refractivity contribution < 1.29 is 106 Å². The number of ether oxygens (including phenoxy) is 12. The van der Waals surface area contributed by atoms with Gasteiger partial charge in [0.1, 0.15) is 12.1 Å². The summed E-state index contributed by atoms with van der Waals surface area (Å²) in [6.45, 7) is 11.4. The normalized spacial score (nSPS) is 15.9. The predicted octanol–water partition coefficient (Wildman–Crippen LogP) is 3.23. The number of halogens is 1. The highest BCUT2D eigenvalue weighted by molar-refractivity contribution is 9.10. The van der Waals surface area contributed by atoms with Gasteiger partial charge >= 0.3 is 30.0 Å². The number of unbranched alkanes of at least 4 members (excludes halogenated alkanes) is 3. The fraction of sp³-hybridized carbons (Fsp3) is 0.776. The molecule has 0 radical (unpaired) electrons. The highest BCUT2D eigenvalue weighted by Gasteiger charge is 2.42. The smallest absolute Gasteiger partial charge is 0.326 e. The van der Waals surface area contributed by atoms with Crippen molar-refractivity contribution in [3.63, 3.8) is 0 Å². The summed E-state index contributed by atoms with van der Waals surface area (Å²) in [6, 6.07) is 4.09. The van der Waals surface area contributed by atoms with E-state index in [0.29, 0.717) is 209 Å². The van der Waals surface area contributed by atoms with Gasteiger partial charge in [-0.3, -0.25) is 14.4 Å². The molecule has 1 aromatic carbocycles. The molecule has 6 amide bonds. The summed E-state index contributed by atoms with van der Waals surface area (Å²) in [6.07, 6.45) is 5.08. The summed E-state index contributed by atoms with van der Waals surface area (Å²) in [4.78, 5) is 85.1. The van der Waals surface area contributed by atoms with Gasteiger partial charge < -0.3 is 104 Å². The standard InChI is InChI=1S/C58H97BrN6O22S/c59-46-13-11-45(12-14-46)43-65(18-5-4-7-47(55(70)71)61-57(74)62-48(56(72)73)15-16-53(68)69)52(67)10-6-19-76-21-23-78-25-27-80-29-31-82-33-35-84-37-39-86-41-42-87-40-38-85-36-34-83-32-30-81-28-26-79-24-22-77-20-17-60-51(66)9-3-1-2-8-50-54-49(44-88-50)63-58(75)64-54/h11-14,47-50,54H,1-10,15-44H2,(H,60,66)(H,68,69)(H,70,71)(H,72,73)(H2,61,62,74)(H2,63,64,75)/t47-,48-,49+,50+,54+/m0/s1. The third-order valence-electron chi connectivity index (χ3n) is 13.3. The molecule has 28 nitrogen and oxygen atoms in total. The Morgan fingerprint density at radius 1 is 0.534 bits per heavy atom. The molecular formula is C58H97BrN6O22S. The van der Waals surface area contributed by atoms with Gasteiger partial charge in [-0.15, -0.1) is 0 Å². The Labute approximate surface area is 529 Å². The number of nitrogens with one attached hydrogen (secondary N) is 5. The van der Waals surface area contributed by atoms with Gasteiger partial charge in [-0.05, 0) is 62.6 Å². The predicted molar refractivity (Wildman–Crippen MR) is 325 cm³/mol. The van der Waals surface area contributed by atoms with E-state index in [4.69, 9.17) is 61.9 Å². The van der Waals surface area contributed by atoms with Crippen molar-refractivity contribution in [3.8, 4) is 0 Å². The summed E-state index contributed by atoms with van der Waals surface area (Å²) in [5.41, 5.74) is 0.907. The number of aliphatic carboxylic acids is 3. The first-order chi connectivity index (χ1) is 42.8. The summed E-state index contributed by atoms with van der Waals surface area (Å²) >= 11 is 5.34. The van der Waals surface area contributed by atoms with E-state index in [1.54, 1.807) is 4.90 Å². The van der Waals surface area contributed by atoms with Crippen molar-refractivity contribution >= 4 is 69.5 Å².